The van der Waals surface area contributed by atoms with Gasteiger partial charge in [0.25, 0.3) is 5.54 Å². The van der Waals surface area contributed by atoms with Crippen molar-refractivity contribution in [1.29, 1.82) is 0 Å². The molecule has 1 spiro atoms. The second-order valence-electron chi connectivity index (χ2n) is 7.93. The lowest BCUT2D eigenvalue weighted by molar-refractivity contribution is -0.855. The second-order valence-corrected chi connectivity index (χ2v) is 7.93. The molecule has 3 aliphatic carbocycles. The second kappa shape index (κ2) is 5.30. The summed E-state index contributed by atoms with van der Waals surface area (Å²) < 4.78 is 0. The van der Waals surface area contributed by atoms with Crippen molar-refractivity contribution >= 4 is 0 Å². The summed E-state index contributed by atoms with van der Waals surface area (Å²) in [5, 5.41) is 35.5. The van der Waals surface area contributed by atoms with Crippen LogP contribution in [0.3, 0.4) is 0 Å². The maximum Gasteiger partial charge on any atom is 0.569 e. The van der Waals surface area contributed by atoms with Crippen molar-refractivity contribution in [2.75, 3.05) is 0 Å². The van der Waals surface area contributed by atoms with E-state index < -0.39 is 38.8 Å². The maximum absolute atomic E-state index is 11.7. The predicted molar refractivity (Wildman–Crippen MR) is 82.1 cm³/mol. The van der Waals surface area contributed by atoms with E-state index >= 15 is 0 Å². The molecule has 0 bridgehead atoms. The minimum absolute atomic E-state index is 0.295. The third-order valence-electron chi connectivity index (χ3n) is 6.78. The van der Waals surface area contributed by atoms with Crippen LogP contribution in [-0.4, -0.2) is 42.5 Å². The largest absolute Gasteiger partial charge is 0.569 e. The molecule has 3 saturated carbocycles. The highest BCUT2D eigenvalue weighted by Gasteiger charge is 2.79. The molecule has 0 unspecified atom stereocenters. The smallest absolute Gasteiger partial charge is 0.264 e. The highest BCUT2D eigenvalue weighted by molar-refractivity contribution is 5.11. The van der Waals surface area contributed by atoms with Crippen LogP contribution in [0.2, 0.25) is 0 Å². The van der Waals surface area contributed by atoms with Crippen molar-refractivity contribution in [1.82, 2.24) is 5.23 Å². The molecule has 1 aliphatic heterocycles. The molecular weight excluding hydrogens is 352 g/mol. The van der Waals surface area contributed by atoms with Crippen molar-refractivity contribution in [2.45, 2.75) is 86.7 Å². The summed E-state index contributed by atoms with van der Waals surface area (Å²) in [5.74, 6) is -2.77. The van der Waals surface area contributed by atoms with E-state index in [1.165, 1.54) is 0 Å². The quantitative estimate of drug-likeness (QED) is 0.386. The van der Waals surface area contributed by atoms with E-state index in [-0.39, 0.29) is 4.92 Å². The average molecular weight is 372 g/mol. The first-order chi connectivity index (χ1) is 12.2. The van der Waals surface area contributed by atoms with Gasteiger partial charge in [0.05, 0.1) is 5.23 Å². The van der Waals surface area contributed by atoms with E-state index in [1.54, 1.807) is 0 Å². The van der Waals surface area contributed by atoms with E-state index in [1.807, 2.05) is 0 Å². The normalized spacial score (nSPS) is 30.0. The van der Waals surface area contributed by atoms with E-state index in [4.69, 9.17) is 9.68 Å². The third-order valence-corrected chi connectivity index (χ3v) is 6.78. The van der Waals surface area contributed by atoms with Gasteiger partial charge in [0.15, 0.2) is 5.60 Å². The van der Waals surface area contributed by atoms with Crippen LogP contribution in [0.15, 0.2) is 0 Å². The molecule has 0 aromatic heterocycles. The fraction of sp³-hybridized carbons (Fsp3) is 1.00. The zero-order valence-corrected chi connectivity index (χ0v) is 14.1. The summed E-state index contributed by atoms with van der Waals surface area (Å²) in [7, 11) is 0. The molecule has 4 aliphatic rings. The Hall–Kier alpha value is -1.92. The first-order valence-electron chi connectivity index (χ1n) is 8.84. The van der Waals surface area contributed by atoms with Crippen LogP contribution in [0.5, 0.6) is 0 Å². The maximum atomic E-state index is 11.7. The number of rotatable bonds is 6. The first kappa shape index (κ1) is 17.5. The predicted octanol–water partition coefficient (Wildman–Crippen LogP) is 1.81. The summed E-state index contributed by atoms with van der Waals surface area (Å²) in [6.45, 7) is 0. The number of hydroxylamine groups is 2. The van der Waals surface area contributed by atoms with Crippen molar-refractivity contribution in [3.8, 4) is 0 Å². The van der Waals surface area contributed by atoms with Gasteiger partial charge in [-0.25, -0.2) is 4.84 Å². The van der Waals surface area contributed by atoms with Crippen LogP contribution in [0, 0.1) is 30.3 Å². The molecule has 1 heterocycles. The number of nitro groups is 3. The number of nitrogens with zero attached hydrogens (tertiary/aromatic N) is 4. The Labute approximate surface area is 147 Å². The fourth-order valence-electron chi connectivity index (χ4n) is 4.65. The highest BCUT2D eigenvalue weighted by atomic mass is 17.0. The Kier molecular flexibility index (Phi) is 3.57. The molecular formula is C14H20N4O8. The molecule has 0 amide bonds. The number of hydrogen-bond donors (Lipinski definition) is 0. The average Bonchev–Trinajstić information content (AvgIpc) is 2.79. The van der Waals surface area contributed by atoms with Gasteiger partial charge in [0.1, 0.15) is 21.9 Å². The highest BCUT2D eigenvalue weighted by Crippen LogP contribution is 2.58. The lowest BCUT2D eigenvalue weighted by Gasteiger charge is -2.53. The molecule has 1 saturated heterocycles. The van der Waals surface area contributed by atoms with Crippen molar-refractivity contribution < 1.29 is 24.4 Å². The Bertz CT molecular complexity index is 656. The van der Waals surface area contributed by atoms with Gasteiger partial charge in [-0.3, -0.25) is 35.2 Å². The molecule has 4 fully saturated rings. The molecule has 12 heteroatoms. The minimum atomic E-state index is -2.77. The zero-order chi connectivity index (χ0) is 18.8. The molecule has 0 aromatic carbocycles. The SMILES string of the molecule is O=[N+]([O-])C1([N+](=O)[O-])CC2(CCC2)ON1OC1(C2([N+](=O)[O-])CCC2)CCC1. The van der Waals surface area contributed by atoms with Crippen molar-refractivity contribution in [2.24, 2.45) is 0 Å². The Morgan fingerprint density at radius 3 is 1.65 bits per heavy atom. The fourth-order valence-corrected chi connectivity index (χ4v) is 4.65. The van der Waals surface area contributed by atoms with E-state index in [9.17, 15) is 30.3 Å². The van der Waals surface area contributed by atoms with E-state index in [2.05, 4.69) is 0 Å². The standard InChI is InChI=1S/C14H20N4O8/c19-15(20)12(6-2-7-12)13(8-3-9-13)26-18-14(16(21)22,17(23)24)10-11(25-18)4-1-5-11/h1-10H2. The van der Waals surface area contributed by atoms with E-state index in [0.717, 1.165) is 6.42 Å². The Morgan fingerprint density at radius 1 is 0.808 bits per heavy atom. The van der Waals surface area contributed by atoms with Crippen LogP contribution in [0.25, 0.3) is 0 Å². The minimum Gasteiger partial charge on any atom is -0.264 e. The van der Waals surface area contributed by atoms with Crippen molar-refractivity contribution in [3.05, 3.63) is 30.3 Å². The Morgan fingerprint density at radius 2 is 1.35 bits per heavy atom. The Balaban J connectivity index is 1.69. The summed E-state index contributed by atoms with van der Waals surface area (Å²) in [4.78, 5) is 44.1. The molecule has 26 heavy (non-hydrogen) atoms. The molecule has 0 atom stereocenters. The molecule has 12 nitrogen and oxygen atoms in total. The monoisotopic (exact) mass is 372 g/mol. The molecule has 4 rings (SSSR count). The summed E-state index contributed by atoms with van der Waals surface area (Å²) in [6, 6.07) is 0. The molecule has 144 valence electrons. The van der Waals surface area contributed by atoms with Gasteiger partial charge in [0.2, 0.25) is 0 Å². The van der Waals surface area contributed by atoms with Gasteiger partial charge in [-0.05, 0) is 44.9 Å². The third kappa shape index (κ3) is 1.94. The van der Waals surface area contributed by atoms with Gasteiger partial charge in [0, 0.05) is 17.8 Å². The van der Waals surface area contributed by atoms with Gasteiger partial charge in [-0.2, -0.15) is 0 Å². The van der Waals surface area contributed by atoms with E-state index in [0.29, 0.717) is 56.6 Å². The molecule has 0 aromatic rings. The summed E-state index contributed by atoms with van der Waals surface area (Å²) in [5.41, 5.74) is -3.64. The zero-order valence-electron chi connectivity index (χ0n) is 14.1. The number of hydrogen-bond acceptors (Lipinski definition) is 9. The van der Waals surface area contributed by atoms with Crippen LogP contribution >= 0.6 is 0 Å². The lowest BCUT2D eigenvalue weighted by Crippen LogP contribution is -2.70. The van der Waals surface area contributed by atoms with Gasteiger partial charge in [-0.15, -0.1) is 0 Å². The molecule has 0 radical (unpaired) electrons. The summed E-state index contributed by atoms with van der Waals surface area (Å²) in [6.07, 6.45) is 3.81. The van der Waals surface area contributed by atoms with Crippen molar-refractivity contribution in [3.63, 3.8) is 0 Å². The van der Waals surface area contributed by atoms with Gasteiger partial charge < -0.3 is 0 Å². The van der Waals surface area contributed by atoms with Crippen LogP contribution < -0.4 is 0 Å². The van der Waals surface area contributed by atoms with Crippen LogP contribution in [-0.2, 0) is 9.68 Å². The van der Waals surface area contributed by atoms with Crippen LogP contribution in [0.1, 0.15) is 64.2 Å². The van der Waals surface area contributed by atoms with Gasteiger partial charge in [-0.1, -0.05) is 0 Å². The van der Waals surface area contributed by atoms with Crippen LogP contribution in [0.4, 0.5) is 0 Å². The van der Waals surface area contributed by atoms with Gasteiger partial charge >= 0.3 is 5.79 Å². The molecule has 0 N–H and O–H groups in total. The lowest BCUT2D eigenvalue weighted by atomic mass is 9.57. The topological polar surface area (TPSA) is 151 Å². The summed E-state index contributed by atoms with van der Waals surface area (Å²) >= 11 is 0. The first-order valence-corrected chi connectivity index (χ1v) is 8.84.